The van der Waals surface area contributed by atoms with Crippen LogP contribution in [0.4, 0.5) is 19.0 Å². The second-order valence-electron chi connectivity index (χ2n) is 7.56. The van der Waals surface area contributed by atoms with Gasteiger partial charge in [-0.25, -0.2) is 9.97 Å². The molecule has 33 heavy (non-hydrogen) atoms. The number of fused-ring (bicyclic) bond motifs is 1. The highest BCUT2D eigenvalue weighted by atomic mass is 19.4. The second kappa shape index (κ2) is 8.15. The Morgan fingerprint density at radius 1 is 0.879 bits per heavy atom. The van der Waals surface area contributed by atoms with Gasteiger partial charge in [0.15, 0.2) is 17.0 Å². The first kappa shape index (κ1) is 20.9. The van der Waals surface area contributed by atoms with Crippen LogP contribution in [-0.4, -0.2) is 61.9 Å². The van der Waals surface area contributed by atoms with Crippen molar-refractivity contribution in [1.29, 1.82) is 0 Å². The Balaban J connectivity index is 1.31. The van der Waals surface area contributed by atoms with E-state index < -0.39 is 11.7 Å². The highest BCUT2D eigenvalue weighted by Crippen LogP contribution is 2.29. The van der Waals surface area contributed by atoms with E-state index in [-0.39, 0.29) is 11.5 Å². The highest BCUT2D eigenvalue weighted by Gasteiger charge is 2.31. The molecule has 1 saturated heterocycles. The van der Waals surface area contributed by atoms with E-state index in [9.17, 15) is 18.0 Å². The van der Waals surface area contributed by atoms with Crippen LogP contribution in [0.3, 0.4) is 0 Å². The second-order valence-corrected chi connectivity index (χ2v) is 7.56. The number of carbonyl (C=O) groups is 1. The number of hydrogen-bond acceptors (Lipinski definition) is 6. The first-order chi connectivity index (χ1) is 15.9. The Labute approximate surface area is 186 Å². The summed E-state index contributed by atoms with van der Waals surface area (Å²) in [4.78, 5) is 25.1. The third kappa shape index (κ3) is 3.97. The van der Waals surface area contributed by atoms with Crippen molar-refractivity contribution in [2.45, 2.75) is 6.18 Å². The lowest BCUT2D eigenvalue weighted by Crippen LogP contribution is -2.49. The molecule has 5 rings (SSSR count). The molecule has 0 spiro atoms. The lowest BCUT2D eigenvalue weighted by Gasteiger charge is -2.35. The quantitative estimate of drug-likeness (QED) is 0.474. The number of halogens is 3. The van der Waals surface area contributed by atoms with Gasteiger partial charge in [-0.3, -0.25) is 4.79 Å². The van der Waals surface area contributed by atoms with Crippen molar-refractivity contribution in [2.75, 3.05) is 31.1 Å². The van der Waals surface area contributed by atoms with Gasteiger partial charge in [0.05, 0.1) is 11.3 Å². The molecule has 2 aromatic carbocycles. The minimum absolute atomic E-state index is 0.228. The number of aromatic nitrogens is 5. The summed E-state index contributed by atoms with van der Waals surface area (Å²) in [6, 6.07) is 13.8. The molecule has 0 bridgehead atoms. The predicted octanol–water partition coefficient (Wildman–Crippen LogP) is 3.19. The molecule has 0 aliphatic carbocycles. The monoisotopic (exact) mass is 453 g/mol. The first-order valence-corrected chi connectivity index (χ1v) is 10.2. The van der Waals surface area contributed by atoms with Crippen molar-refractivity contribution in [2.24, 2.45) is 0 Å². The number of benzene rings is 2. The fraction of sp³-hybridized carbons (Fsp3) is 0.227. The number of nitrogens with zero attached hydrogens (tertiary/aromatic N) is 7. The number of hydrogen-bond donors (Lipinski definition) is 0. The molecule has 0 saturated carbocycles. The van der Waals surface area contributed by atoms with Gasteiger partial charge in [-0.1, -0.05) is 23.4 Å². The van der Waals surface area contributed by atoms with Gasteiger partial charge in [0.2, 0.25) is 0 Å². The zero-order chi connectivity index (χ0) is 23.0. The van der Waals surface area contributed by atoms with Gasteiger partial charge in [-0.2, -0.15) is 17.9 Å². The summed E-state index contributed by atoms with van der Waals surface area (Å²) in [5, 5.41) is 8.49. The summed E-state index contributed by atoms with van der Waals surface area (Å²) < 4.78 is 39.9. The molecule has 0 radical (unpaired) electrons. The Hall–Kier alpha value is -4.02. The number of alkyl halides is 3. The Kier molecular flexibility index (Phi) is 5.15. The molecule has 3 heterocycles. The Bertz CT molecular complexity index is 1280. The molecule has 1 fully saturated rings. The van der Waals surface area contributed by atoms with Gasteiger partial charge in [-0.05, 0) is 36.4 Å². The minimum atomic E-state index is -4.43. The van der Waals surface area contributed by atoms with Crippen LogP contribution in [-0.2, 0) is 6.18 Å². The van der Waals surface area contributed by atoms with Crippen LogP contribution < -0.4 is 4.90 Å². The SMILES string of the molecule is O=C(c1ccc(C(F)(F)F)cc1)N1CCN(c2ncnc3c2nnn3-c2ccccc2)CC1. The van der Waals surface area contributed by atoms with Crippen LogP contribution in [0.15, 0.2) is 60.9 Å². The number of carbonyl (C=O) groups excluding carboxylic acids is 1. The normalized spacial score (nSPS) is 14.6. The standard InChI is InChI=1S/C22H18F3N7O/c23-22(24,25)16-8-6-15(7-9-16)21(33)31-12-10-30(11-13-31)19-18-20(27-14-26-19)32(29-28-18)17-4-2-1-3-5-17/h1-9,14H,10-13H2. The summed E-state index contributed by atoms with van der Waals surface area (Å²) in [5.41, 5.74) is 1.42. The van der Waals surface area contributed by atoms with Crippen LogP contribution >= 0.6 is 0 Å². The van der Waals surface area contributed by atoms with Gasteiger partial charge in [0.25, 0.3) is 5.91 Å². The third-order valence-corrected chi connectivity index (χ3v) is 5.54. The largest absolute Gasteiger partial charge is 0.416 e. The van der Waals surface area contributed by atoms with Gasteiger partial charge >= 0.3 is 6.18 Å². The molecule has 0 N–H and O–H groups in total. The average Bonchev–Trinajstić information content (AvgIpc) is 3.28. The summed E-state index contributed by atoms with van der Waals surface area (Å²) in [5.74, 6) is 0.329. The van der Waals surface area contributed by atoms with E-state index in [0.717, 1.165) is 17.8 Å². The van der Waals surface area contributed by atoms with Crippen molar-refractivity contribution in [3.8, 4) is 5.69 Å². The maximum Gasteiger partial charge on any atom is 0.416 e. The Morgan fingerprint density at radius 2 is 1.58 bits per heavy atom. The summed E-state index contributed by atoms with van der Waals surface area (Å²) in [6.45, 7) is 1.80. The van der Waals surface area contributed by atoms with Crippen molar-refractivity contribution in [3.05, 3.63) is 72.1 Å². The molecule has 4 aromatic rings. The molecule has 1 aliphatic rings. The Morgan fingerprint density at radius 3 is 2.24 bits per heavy atom. The van der Waals surface area contributed by atoms with Gasteiger partial charge in [-0.15, -0.1) is 5.10 Å². The number of rotatable bonds is 3. The number of para-hydroxylation sites is 1. The lowest BCUT2D eigenvalue weighted by atomic mass is 10.1. The predicted molar refractivity (Wildman–Crippen MR) is 114 cm³/mol. The molecule has 11 heteroatoms. The van der Waals surface area contributed by atoms with E-state index in [1.807, 2.05) is 35.2 Å². The van der Waals surface area contributed by atoms with E-state index in [2.05, 4.69) is 20.3 Å². The molecular formula is C22H18F3N7O. The van der Waals surface area contributed by atoms with Crippen molar-refractivity contribution in [1.82, 2.24) is 29.9 Å². The minimum Gasteiger partial charge on any atom is -0.351 e. The van der Waals surface area contributed by atoms with Crippen molar-refractivity contribution < 1.29 is 18.0 Å². The van der Waals surface area contributed by atoms with Gasteiger partial charge in [0, 0.05) is 31.7 Å². The van der Waals surface area contributed by atoms with Crippen LogP contribution in [0.25, 0.3) is 16.9 Å². The van der Waals surface area contributed by atoms with E-state index in [4.69, 9.17) is 0 Å². The fourth-order valence-electron chi connectivity index (χ4n) is 3.82. The maximum absolute atomic E-state index is 12.8. The first-order valence-electron chi connectivity index (χ1n) is 10.2. The molecule has 168 valence electrons. The lowest BCUT2D eigenvalue weighted by molar-refractivity contribution is -0.137. The average molecular weight is 453 g/mol. The molecular weight excluding hydrogens is 435 g/mol. The van der Waals surface area contributed by atoms with Crippen LogP contribution in [0.1, 0.15) is 15.9 Å². The highest BCUT2D eigenvalue weighted by molar-refractivity contribution is 5.94. The molecule has 1 amide bonds. The number of amides is 1. The zero-order valence-electron chi connectivity index (χ0n) is 17.3. The summed E-state index contributed by atoms with van der Waals surface area (Å²) in [7, 11) is 0. The fourth-order valence-corrected chi connectivity index (χ4v) is 3.82. The van der Waals surface area contributed by atoms with Crippen molar-refractivity contribution >= 4 is 22.9 Å². The van der Waals surface area contributed by atoms with Crippen molar-refractivity contribution in [3.63, 3.8) is 0 Å². The summed E-state index contributed by atoms with van der Waals surface area (Å²) in [6.07, 6.45) is -2.97. The number of anilines is 1. The third-order valence-electron chi connectivity index (χ3n) is 5.54. The van der Waals surface area contributed by atoms with Gasteiger partial charge in [0.1, 0.15) is 6.33 Å². The summed E-state index contributed by atoms with van der Waals surface area (Å²) >= 11 is 0. The smallest absolute Gasteiger partial charge is 0.351 e. The van der Waals surface area contributed by atoms with Crippen LogP contribution in [0.5, 0.6) is 0 Å². The maximum atomic E-state index is 12.8. The van der Waals surface area contributed by atoms with E-state index in [0.29, 0.717) is 43.2 Å². The van der Waals surface area contributed by atoms with Gasteiger partial charge < -0.3 is 9.80 Å². The molecule has 0 atom stereocenters. The van der Waals surface area contributed by atoms with E-state index in [1.165, 1.54) is 18.5 Å². The molecule has 0 unspecified atom stereocenters. The molecule has 1 aliphatic heterocycles. The van der Waals surface area contributed by atoms with Crippen LogP contribution in [0.2, 0.25) is 0 Å². The van der Waals surface area contributed by atoms with E-state index >= 15 is 0 Å². The topological polar surface area (TPSA) is 80.0 Å². The molecule has 2 aromatic heterocycles. The zero-order valence-corrected chi connectivity index (χ0v) is 17.3. The molecule has 8 nitrogen and oxygen atoms in total. The van der Waals surface area contributed by atoms with Crippen LogP contribution in [0, 0.1) is 0 Å². The number of piperazine rings is 1. The van der Waals surface area contributed by atoms with E-state index in [1.54, 1.807) is 9.58 Å².